The standard InChI is InChI=1S/C23H30ClN5O/c1-2-25-23(26-13-12-17-10-11-21(24)27-15-17)28-16-18-6-5-9-20(14-18)29-22(30)19-7-3-4-8-19/h5-6,9-11,14-15,19H,2-4,7-8,12-13,16H2,1H3,(H,29,30)(H2,25,26,28). The van der Waals surface area contributed by atoms with Crippen LogP contribution in [-0.2, 0) is 17.8 Å². The maximum absolute atomic E-state index is 12.4. The van der Waals surface area contributed by atoms with Crippen molar-refractivity contribution in [2.75, 3.05) is 18.4 Å². The second-order valence-electron chi connectivity index (χ2n) is 7.53. The molecule has 0 spiro atoms. The molecule has 1 heterocycles. The zero-order valence-electron chi connectivity index (χ0n) is 17.5. The maximum atomic E-state index is 12.4. The summed E-state index contributed by atoms with van der Waals surface area (Å²) in [7, 11) is 0. The molecule has 1 aliphatic carbocycles. The van der Waals surface area contributed by atoms with E-state index in [9.17, 15) is 4.79 Å². The molecule has 3 rings (SSSR count). The number of hydrogen-bond donors (Lipinski definition) is 3. The monoisotopic (exact) mass is 427 g/mol. The van der Waals surface area contributed by atoms with Crippen LogP contribution in [0.1, 0.15) is 43.7 Å². The van der Waals surface area contributed by atoms with Crippen LogP contribution in [0.3, 0.4) is 0 Å². The number of carbonyl (C=O) groups excluding carboxylic acids is 1. The third kappa shape index (κ3) is 7.02. The third-order valence-corrected chi connectivity index (χ3v) is 5.40. The molecule has 160 valence electrons. The number of pyridine rings is 1. The van der Waals surface area contributed by atoms with Crippen molar-refractivity contribution in [3.63, 3.8) is 0 Å². The molecule has 6 nitrogen and oxygen atoms in total. The molecule has 1 fully saturated rings. The maximum Gasteiger partial charge on any atom is 0.227 e. The van der Waals surface area contributed by atoms with Gasteiger partial charge in [0, 0.05) is 30.9 Å². The molecule has 3 N–H and O–H groups in total. The number of amides is 1. The van der Waals surface area contributed by atoms with Gasteiger partial charge in [0.15, 0.2) is 5.96 Å². The smallest absolute Gasteiger partial charge is 0.227 e. The Labute approximate surface area is 183 Å². The van der Waals surface area contributed by atoms with Gasteiger partial charge in [-0.15, -0.1) is 0 Å². The highest BCUT2D eigenvalue weighted by molar-refractivity contribution is 6.29. The van der Waals surface area contributed by atoms with Gasteiger partial charge >= 0.3 is 0 Å². The number of aliphatic imine (C=N–C) groups is 1. The van der Waals surface area contributed by atoms with E-state index in [0.717, 1.165) is 68.0 Å². The van der Waals surface area contributed by atoms with Gasteiger partial charge in [0.1, 0.15) is 5.15 Å². The zero-order valence-corrected chi connectivity index (χ0v) is 18.2. The van der Waals surface area contributed by atoms with Gasteiger partial charge < -0.3 is 16.0 Å². The van der Waals surface area contributed by atoms with Crippen LogP contribution in [0.2, 0.25) is 5.15 Å². The van der Waals surface area contributed by atoms with Crippen LogP contribution in [-0.4, -0.2) is 29.9 Å². The molecule has 2 aromatic rings. The van der Waals surface area contributed by atoms with Crippen molar-refractivity contribution in [3.05, 3.63) is 58.9 Å². The normalized spacial score (nSPS) is 14.5. The second-order valence-corrected chi connectivity index (χ2v) is 7.92. The lowest BCUT2D eigenvalue weighted by Crippen LogP contribution is -2.38. The topological polar surface area (TPSA) is 78.4 Å². The van der Waals surface area contributed by atoms with Crippen molar-refractivity contribution in [3.8, 4) is 0 Å². The minimum Gasteiger partial charge on any atom is -0.357 e. The Morgan fingerprint density at radius 3 is 2.73 bits per heavy atom. The lowest BCUT2D eigenvalue weighted by molar-refractivity contribution is -0.119. The highest BCUT2D eigenvalue weighted by Gasteiger charge is 2.22. The predicted octanol–water partition coefficient (Wildman–Crippen LogP) is 4.16. The summed E-state index contributed by atoms with van der Waals surface area (Å²) in [5.41, 5.74) is 3.01. The molecule has 1 amide bonds. The van der Waals surface area contributed by atoms with E-state index in [1.54, 1.807) is 12.3 Å². The molecule has 0 unspecified atom stereocenters. The van der Waals surface area contributed by atoms with Gasteiger partial charge in [-0.2, -0.15) is 0 Å². The number of anilines is 1. The van der Waals surface area contributed by atoms with Gasteiger partial charge in [-0.25, -0.2) is 9.98 Å². The third-order valence-electron chi connectivity index (χ3n) is 5.18. The molecular weight excluding hydrogens is 398 g/mol. The molecular formula is C23H30ClN5O. The number of halogens is 1. The minimum atomic E-state index is 0.139. The highest BCUT2D eigenvalue weighted by atomic mass is 35.5. The fourth-order valence-corrected chi connectivity index (χ4v) is 3.68. The van der Waals surface area contributed by atoms with Crippen LogP contribution in [0, 0.1) is 5.92 Å². The van der Waals surface area contributed by atoms with E-state index in [-0.39, 0.29) is 11.8 Å². The second kappa shape index (κ2) is 11.6. The predicted molar refractivity (Wildman–Crippen MR) is 123 cm³/mol. The molecule has 0 radical (unpaired) electrons. The van der Waals surface area contributed by atoms with Crippen LogP contribution in [0.15, 0.2) is 47.6 Å². The van der Waals surface area contributed by atoms with Crippen molar-refractivity contribution in [1.82, 2.24) is 15.6 Å². The average molecular weight is 428 g/mol. The van der Waals surface area contributed by atoms with E-state index in [1.807, 2.05) is 37.3 Å². The van der Waals surface area contributed by atoms with Gasteiger partial charge in [0.05, 0.1) is 6.54 Å². The first-order valence-electron chi connectivity index (χ1n) is 10.7. The first-order chi connectivity index (χ1) is 14.6. The Kier molecular flexibility index (Phi) is 8.51. The fourth-order valence-electron chi connectivity index (χ4n) is 3.57. The lowest BCUT2D eigenvalue weighted by Gasteiger charge is -2.12. The van der Waals surface area contributed by atoms with Crippen LogP contribution in [0.5, 0.6) is 0 Å². The van der Waals surface area contributed by atoms with E-state index in [4.69, 9.17) is 11.6 Å². The summed E-state index contributed by atoms with van der Waals surface area (Å²) < 4.78 is 0. The molecule has 1 aromatic heterocycles. The Bertz CT molecular complexity index is 847. The molecule has 0 saturated heterocycles. The van der Waals surface area contributed by atoms with Crippen molar-refractivity contribution in [2.45, 2.75) is 45.6 Å². The molecule has 1 aliphatic rings. The Balaban J connectivity index is 1.53. The van der Waals surface area contributed by atoms with E-state index in [2.05, 4.69) is 25.9 Å². The number of benzene rings is 1. The van der Waals surface area contributed by atoms with Crippen LogP contribution >= 0.6 is 11.6 Å². The highest BCUT2D eigenvalue weighted by Crippen LogP contribution is 2.26. The molecule has 0 bridgehead atoms. The molecule has 30 heavy (non-hydrogen) atoms. The van der Waals surface area contributed by atoms with Crippen molar-refractivity contribution < 1.29 is 4.79 Å². The van der Waals surface area contributed by atoms with Gasteiger partial charge in [-0.1, -0.05) is 42.6 Å². The van der Waals surface area contributed by atoms with Gasteiger partial charge in [-0.05, 0) is 55.5 Å². The summed E-state index contributed by atoms with van der Waals surface area (Å²) in [5.74, 6) is 1.06. The molecule has 1 saturated carbocycles. The van der Waals surface area contributed by atoms with Crippen molar-refractivity contribution in [2.24, 2.45) is 10.9 Å². The molecule has 7 heteroatoms. The van der Waals surface area contributed by atoms with Crippen molar-refractivity contribution in [1.29, 1.82) is 0 Å². The summed E-state index contributed by atoms with van der Waals surface area (Å²) in [4.78, 5) is 21.1. The SMILES string of the molecule is CCNC(=NCc1cccc(NC(=O)C2CCCC2)c1)NCCc1ccc(Cl)nc1. The van der Waals surface area contributed by atoms with Gasteiger partial charge in [0.25, 0.3) is 0 Å². The summed E-state index contributed by atoms with van der Waals surface area (Å²) in [6.45, 7) is 4.10. The zero-order chi connectivity index (χ0) is 21.2. The Hall–Kier alpha value is -2.60. The Morgan fingerprint density at radius 1 is 1.17 bits per heavy atom. The molecule has 1 aromatic carbocycles. The number of carbonyl (C=O) groups is 1. The van der Waals surface area contributed by atoms with Crippen LogP contribution in [0.25, 0.3) is 0 Å². The van der Waals surface area contributed by atoms with E-state index < -0.39 is 0 Å². The summed E-state index contributed by atoms with van der Waals surface area (Å²) in [6.07, 6.45) is 6.93. The molecule has 0 atom stereocenters. The van der Waals surface area contributed by atoms with Crippen molar-refractivity contribution >= 4 is 29.2 Å². The average Bonchev–Trinajstić information content (AvgIpc) is 3.29. The number of nitrogens with zero attached hydrogens (tertiary/aromatic N) is 2. The van der Waals surface area contributed by atoms with Crippen LogP contribution < -0.4 is 16.0 Å². The summed E-state index contributed by atoms with van der Waals surface area (Å²) in [6, 6.07) is 11.7. The van der Waals surface area contributed by atoms with Crippen LogP contribution in [0.4, 0.5) is 5.69 Å². The summed E-state index contributed by atoms with van der Waals surface area (Å²) >= 11 is 5.83. The number of guanidine groups is 1. The number of hydrogen-bond acceptors (Lipinski definition) is 3. The fraction of sp³-hybridized carbons (Fsp3) is 0.435. The van der Waals surface area contributed by atoms with E-state index >= 15 is 0 Å². The number of aromatic nitrogens is 1. The lowest BCUT2D eigenvalue weighted by atomic mass is 10.1. The summed E-state index contributed by atoms with van der Waals surface area (Å²) in [5, 5.41) is 10.2. The number of rotatable bonds is 8. The Morgan fingerprint density at radius 2 is 2.00 bits per heavy atom. The quantitative estimate of drug-likeness (QED) is 0.336. The molecule has 0 aliphatic heterocycles. The first kappa shape index (κ1) is 22.1. The number of nitrogens with one attached hydrogen (secondary N) is 3. The first-order valence-corrected chi connectivity index (χ1v) is 11.0. The van der Waals surface area contributed by atoms with E-state index in [0.29, 0.717) is 11.7 Å². The minimum absolute atomic E-state index is 0.139. The van der Waals surface area contributed by atoms with Gasteiger partial charge in [0.2, 0.25) is 5.91 Å². The van der Waals surface area contributed by atoms with E-state index in [1.165, 1.54) is 0 Å². The largest absolute Gasteiger partial charge is 0.357 e. The van der Waals surface area contributed by atoms with Gasteiger partial charge in [-0.3, -0.25) is 4.79 Å².